The molecule has 0 aliphatic rings. The van der Waals surface area contributed by atoms with Crippen LogP contribution in [0.4, 0.5) is 0 Å². The van der Waals surface area contributed by atoms with E-state index in [0.717, 1.165) is 36.5 Å². The Bertz CT molecular complexity index is 1070. The molecule has 0 fully saturated rings. The number of rotatable bonds is 6. The second kappa shape index (κ2) is 7.44. The van der Waals surface area contributed by atoms with Gasteiger partial charge in [-0.25, -0.2) is 4.79 Å². The number of benzene rings is 1. The van der Waals surface area contributed by atoms with Crippen LogP contribution in [-0.2, 0) is 20.6 Å². The molecule has 0 atom stereocenters. The Morgan fingerprint density at radius 1 is 1.04 bits per heavy atom. The quantitative estimate of drug-likeness (QED) is 0.662. The van der Waals surface area contributed by atoms with Gasteiger partial charge in [0.1, 0.15) is 5.75 Å². The lowest BCUT2D eigenvalue weighted by Crippen LogP contribution is -2.36. The van der Waals surface area contributed by atoms with Crippen LogP contribution >= 0.6 is 0 Å². The number of hydrogen-bond donors (Lipinski definition) is 0. The second-order valence-corrected chi connectivity index (χ2v) is 7.02. The summed E-state index contributed by atoms with van der Waals surface area (Å²) < 4.78 is 10.0. The zero-order chi connectivity index (χ0) is 19.7. The van der Waals surface area contributed by atoms with E-state index in [4.69, 9.17) is 4.74 Å². The highest BCUT2D eigenvalue weighted by molar-refractivity contribution is 5.93. The van der Waals surface area contributed by atoms with Gasteiger partial charge in [-0.3, -0.25) is 13.9 Å². The average Bonchev–Trinajstić information content (AvgIpc) is 3.04. The van der Waals surface area contributed by atoms with Crippen LogP contribution in [0.15, 0.2) is 40.1 Å². The zero-order valence-corrected chi connectivity index (χ0v) is 16.5. The van der Waals surface area contributed by atoms with Gasteiger partial charge in [0.15, 0.2) is 0 Å². The van der Waals surface area contributed by atoms with Gasteiger partial charge in [-0.05, 0) is 56.9 Å². The highest BCUT2D eigenvalue weighted by Gasteiger charge is 2.19. The van der Waals surface area contributed by atoms with Crippen LogP contribution in [0.1, 0.15) is 6.42 Å². The largest absolute Gasteiger partial charge is 0.497 e. The fourth-order valence-corrected chi connectivity index (χ4v) is 3.38. The van der Waals surface area contributed by atoms with Crippen LogP contribution in [0.3, 0.4) is 0 Å². The van der Waals surface area contributed by atoms with Gasteiger partial charge in [-0.1, -0.05) is 0 Å². The van der Waals surface area contributed by atoms with Gasteiger partial charge in [0.2, 0.25) is 0 Å². The van der Waals surface area contributed by atoms with Crippen LogP contribution in [0.2, 0.25) is 0 Å². The number of nitrogens with zero attached hydrogens (tertiary/aromatic N) is 4. The van der Waals surface area contributed by atoms with Gasteiger partial charge >= 0.3 is 5.69 Å². The van der Waals surface area contributed by atoms with Crippen LogP contribution in [-0.4, -0.2) is 46.4 Å². The predicted molar refractivity (Wildman–Crippen MR) is 108 cm³/mol. The lowest BCUT2D eigenvalue weighted by Gasteiger charge is -2.13. The molecule has 0 aliphatic carbocycles. The molecule has 3 aromatic rings. The predicted octanol–water partition coefficient (Wildman–Crippen LogP) is 1.67. The third-order valence-corrected chi connectivity index (χ3v) is 4.88. The van der Waals surface area contributed by atoms with Gasteiger partial charge in [-0.2, -0.15) is 0 Å². The van der Waals surface area contributed by atoms with Crippen molar-refractivity contribution in [2.24, 2.45) is 14.1 Å². The number of ether oxygens (including phenoxy) is 1. The molecule has 3 rings (SSSR count). The zero-order valence-electron chi connectivity index (χ0n) is 16.5. The van der Waals surface area contributed by atoms with E-state index in [1.54, 1.807) is 14.2 Å². The van der Waals surface area contributed by atoms with Crippen molar-refractivity contribution in [3.63, 3.8) is 0 Å². The summed E-state index contributed by atoms with van der Waals surface area (Å²) in [6, 6.07) is 7.65. The molecule has 0 aliphatic heterocycles. The Hall–Kier alpha value is -2.80. The third kappa shape index (κ3) is 3.42. The van der Waals surface area contributed by atoms with Crippen LogP contribution in [0, 0.1) is 0 Å². The minimum atomic E-state index is -0.320. The molecule has 0 saturated carbocycles. The molecule has 0 radical (unpaired) electrons. The molecule has 0 spiro atoms. The molecule has 27 heavy (non-hydrogen) atoms. The van der Waals surface area contributed by atoms with E-state index < -0.39 is 0 Å². The standard InChI is InChI=1S/C20H26N4O3/c1-21(2)11-6-12-24-13-16-17(19(25)23(4)20(26)22(16)3)18(24)14-7-9-15(27-5)10-8-14/h7-10,13H,6,11-12H2,1-5H3. The summed E-state index contributed by atoms with van der Waals surface area (Å²) >= 11 is 0. The molecule has 2 aromatic heterocycles. The van der Waals surface area contributed by atoms with Crippen LogP contribution in [0.5, 0.6) is 5.75 Å². The first-order chi connectivity index (χ1) is 12.8. The number of aryl methyl sites for hydroxylation is 2. The van der Waals surface area contributed by atoms with Gasteiger partial charge in [0.25, 0.3) is 5.56 Å². The average molecular weight is 370 g/mol. The third-order valence-electron chi connectivity index (χ3n) is 4.88. The maximum absolute atomic E-state index is 12.9. The molecule has 144 valence electrons. The second-order valence-electron chi connectivity index (χ2n) is 7.02. The Morgan fingerprint density at radius 3 is 2.30 bits per heavy atom. The van der Waals surface area contributed by atoms with E-state index in [-0.39, 0.29) is 11.2 Å². The Kier molecular flexibility index (Phi) is 5.23. The first-order valence-electron chi connectivity index (χ1n) is 8.93. The Balaban J connectivity index is 2.25. The van der Waals surface area contributed by atoms with Crippen molar-refractivity contribution < 1.29 is 4.74 Å². The van der Waals surface area contributed by atoms with Crippen molar-refractivity contribution in [1.82, 2.24) is 18.6 Å². The Labute approximate surface area is 158 Å². The number of methoxy groups -OCH3 is 1. The van der Waals surface area contributed by atoms with Gasteiger partial charge in [0.05, 0.1) is 23.7 Å². The van der Waals surface area contributed by atoms with Gasteiger partial charge in [0, 0.05) is 26.8 Å². The van der Waals surface area contributed by atoms with Gasteiger partial charge < -0.3 is 14.2 Å². The maximum Gasteiger partial charge on any atom is 0.330 e. The summed E-state index contributed by atoms with van der Waals surface area (Å²) in [5.41, 5.74) is 1.82. The van der Waals surface area contributed by atoms with E-state index in [0.29, 0.717) is 10.9 Å². The van der Waals surface area contributed by atoms with Gasteiger partial charge in [-0.15, -0.1) is 0 Å². The maximum atomic E-state index is 12.9. The molecule has 7 heteroatoms. The monoisotopic (exact) mass is 370 g/mol. The molecule has 0 bridgehead atoms. The first kappa shape index (κ1) is 19.0. The molecule has 0 amide bonds. The highest BCUT2D eigenvalue weighted by Crippen LogP contribution is 2.29. The molecule has 0 saturated heterocycles. The number of aromatic nitrogens is 3. The normalized spacial score (nSPS) is 11.5. The smallest absolute Gasteiger partial charge is 0.330 e. The minimum absolute atomic E-state index is 0.273. The summed E-state index contributed by atoms with van der Waals surface area (Å²) in [6.45, 7) is 1.69. The van der Waals surface area contributed by atoms with Crippen molar-refractivity contribution in [3.05, 3.63) is 51.3 Å². The molecule has 2 heterocycles. The van der Waals surface area contributed by atoms with Crippen molar-refractivity contribution in [2.45, 2.75) is 13.0 Å². The minimum Gasteiger partial charge on any atom is -0.497 e. The molecule has 1 aromatic carbocycles. The first-order valence-corrected chi connectivity index (χ1v) is 8.93. The van der Waals surface area contributed by atoms with E-state index in [9.17, 15) is 9.59 Å². The van der Waals surface area contributed by atoms with Crippen molar-refractivity contribution in [1.29, 1.82) is 0 Å². The number of fused-ring (bicyclic) bond motifs is 1. The SMILES string of the molecule is COc1ccc(-c2c3c(=O)n(C)c(=O)n(C)c3cn2CCCN(C)C)cc1. The van der Waals surface area contributed by atoms with E-state index in [1.165, 1.54) is 16.2 Å². The van der Waals surface area contributed by atoms with Crippen LogP contribution < -0.4 is 16.0 Å². The van der Waals surface area contributed by atoms with Crippen molar-refractivity contribution in [3.8, 4) is 17.0 Å². The van der Waals surface area contributed by atoms with Crippen molar-refractivity contribution in [2.75, 3.05) is 27.7 Å². The molecular weight excluding hydrogens is 344 g/mol. The molecule has 0 N–H and O–H groups in total. The fraction of sp³-hybridized carbons (Fsp3) is 0.400. The summed E-state index contributed by atoms with van der Waals surface area (Å²) in [7, 11) is 8.92. The number of hydrogen-bond acceptors (Lipinski definition) is 4. The fourth-order valence-electron chi connectivity index (χ4n) is 3.38. The van der Waals surface area contributed by atoms with Crippen LogP contribution in [0.25, 0.3) is 22.2 Å². The summed E-state index contributed by atoms with van der Waals surface area (Å²) in [5, 5.41) is 0.564. The summed E-state index contributed by atoms with van der Waals surface area (Å²) in [6.07, 6.45) is 2.85. The van der Waals surface area contributed by atoms with E-state index in [1.807, 2.05) is 44.6 Å². The molecule has 7 nitrogen and oxygen atoms in total. The summed E-state index contributed by atoms with van der Waals surface area (Å²) in [4.78, 5) is 27.4. The molecule has 0 unspecified atom stereocenters. The highest BCUT2D eigenvalue weighted by atomic mass is 16.5. The topological polar surface area (TPSA) is 61.4 Å². The van der Waals surface area contributed by atoms with E-state index >= 15 is 0 Å². The molecular formula is C20H26N4O3. The van der Waals surface area contributed by atoms with Crippen molar-refractivity contribution >= 4 is 10.9 Å². The Morgan fingerprint density at radius 2 is 1.70 bits per heavy atom. The lowest BCUT2D eigenvalue weighted by atomic mass is 10.1. The summed E-state index contributed by atoms with van der Waals surface area (Å²) in [5.74, 6) is 0.758. The van der Waals surface area contributed by atoms with E-state index in [2.05, 4.69) is 9.47 Å². The lowest BCUT2D eigenvalue weighted by molar-refractivity contribution is 0.387.